The molecule has 0 saturated carbocycles. The highest BCUT2D eigenvalue weighted by atomic mass is 16.3. The Morgan fingerprint density at radius 3 is 2.15 bits per heavy atom. The Morgan fingerprint density at radius 1 is 1.00 bits per heavy atom. The number of amides is 1. The number of anilines is 1. The molecule has 0 aliphatic heterocycles. The minimum atomic E-state index is -0.240. The highest BCUT2D eigenvalue weighted by Crippen LogP contribution is 2.27. The summed E-state index contributed by atoms with van der Waals surface area (Å²) < 4.78 is 0. The van der Waals surface area contributed by atoms with Gasteiger partial charge in [-0.05, 0) is 35.7 Å². The molecule has 2 N–H and O–H groups in total. The van der Waals surface area contributed by atoms with Gasteiger partial charge in [-0.15, -0.1) is 0 Å². The smallest absolute Gasteiger partial charge is 0.232 e. The number of nitrogens with one attached hydrogen (secondary N) is 1. The molecular weight excluding hydrogens is 250 g/mol. The predicted molar refractivity (Wildman–Crippen MR) is 80.8 cm³/mol. The molecule has 0 aromatic heterocycles. The van der Waals surface area contributed by atoms with E-state index in [2.05, 4.69) is 5.32 Å². The van der Waals surface area contributed by atoms with E-state index in [-0.39, 0.29) is 23.5 Å². The van der Waals surface area contributed by atoms with Crippen molar-refractivity contribution in [2.45, 2.75) is 19.8 Å². The van der Waals surface area contributed by atoms with Crippen LogP contribution >= 0.6 is 0 Å². The highest BCUT2D eigenvalue weighted by molar-refractivity contribution is 5.96. The maximum absolute atomic E-state index is 12.5. The Hall–Kier alpha value is -2.29. The Bertz CT molecular complexity index is 561. The first-order valence-corrected chi connectivity index (χ1v) is 6.73. The summed E-state index contributed by atoms with van der Waals surface area (Å²) in [5, 5.41) is 12.3. The molecule has 0 bridgehead atoms. The molecule has 3 nitrogen and oxygen atoms in total. The lowest BCUT2D eigenvalue weighted by atomic mass is 9.87. The van der Waals surface area contributed by atoms with E-state index in [4.69, 9.17) is 0 Å². The van der Waals surface area contributed by atoms with Crippen LogP contribution in [0.15, 0.2) is 54.6 Å². The molecule has 0 aliphatic carbocycles. The van der Waals surface area contributed by atoms with Crippen LogP contribution in [-0.4, -0.2) is 11.0 Å². The van der Waals surface area contributed by atoms with Gasteiger partial charge in [-0.3, -0.25) is 4.79 Å². The van der Waals surface area contributed by atoms with Crippen molar-refractivity contribution in [3.63, 3.8) is 0 Å². The molecule has 1 atom stereocenters. The van der Waals surface area contributed by atoms with Crippen LogP contribution in [-0.2, 0) is 4.79 Å². The van der Waals surface area contributed by atoms with E-state index in [0.717, 1.165) is 11.3 Å². The van der Waals surface area contributed by atoms with E-state index in [9.17, 15) is 9.90 Å². The Morgan fingerprint density at radius 2 is 1.60 bits per heavy atom. The topological polar surface area (TPSA) is 49.3 Å². The van der Waals surface area contributed by atoms with Gasteiger partial charge in [-0.1, -0.05) is 44.2 Å². The molecular formula is C17H19NO2. The molecule has 104 valence electrons. The Balaban J connectivity index is 2.20. The van der Waals surface area contributed by atoms with E-state index in [1.54, 1.807) is 24.3 Å². The summed E-state index contributed by atoms with van der Waals surface area (Å²) in [4.78, 5) is 12.5. The van der Waals surface area contributed by atoms with Crippen LogP contribution in [0.1, 0.15) is 25.3 Å². The molecule has 2 rings (SSSR count). The summed E-state index contributed by atoms with van der Waals surface area (Å²) in [7, 11) is 0. The van der Waals surface area contributed by atoms with Crippen molar-refractivity contribution >= 4 is 11.6 Å². The van der Waals surface area contributed by atoms with Gasteiger partial charge in [0.05, 0.1) is 5.92 Å². The molecule has 0 radical (unpaired) electrons. The fourth-order valence-corrected chi connectivity index (χ4v) is 2.26. The average molecular weight is 269 g/mol. The number of carbonyl (C=O) groups excluding carboxylic acids is 1. The minimum Gasteiger partial charge on any atom is -0.508 e. The third-order valence-corrected chi connectivity index (χ3v) is 3.24. The second kappa shape index (κ2) is 6.24. The van der Waals surface area contributed by atoms with Crippen LogP contribution in [0.4, 0.5) is 5.69 Å². The quantitative estimate of drug-likeness (QED) is 0.887. The molecule has 20 heavy (non-hydrogen) atoms. The lowest BCUT2D eigenvalue weighted by Gasteiger charge is -2.20. The summed E-state index contributed by atoms with van der Waals surface area (Å²) in [5.74, 6) is 0.107. The number of phenols is 1. The number of hydrogen-bond acceptors (Lipinski definition) is 2. The van der Waals surface area contributed by atoms with Gasteiger partial charge < -0.3 is 10.4 Å². The normalized spacial score (nSPS) is 12.2. The first kappa shape index (κ1) is 14.1. The fourth-order valence-electron chi connectivity index (χ4n) is 2.26. The third kappa shape index (κ3) is 3.38. The molecule has 1 amide bonds. The van der Waals surface area contributed by atoms with Gasteiger partial charge in [0.1, 0.15) is 5.75 Å². The Kier molecular flexibility index (Phi) is 4.41. The zero-order valence-electron chi connectivity index (χ0n) is 11.7. The second-order valence-electron chi connectivity index (χ2n) is 5.17. The number of rotatable bonds is 4. The molecule has 0 aliphatic rings. The lowest BCUT2D eigenvalue weighted by Crippen LogP contribution is -2.25. The van der Waals surface area contributed by atoms with Crippen molar-refractivity contribution in [2.24, 2.45) is 5.92 Å². The van der Waals surface area contributed by atoms with E-state index in [0.29, 0.717) is 0 Å². The van der Waals surface area contributed by atoms with Crippen molar-refractivity contribution in [3.8, 4) is 5.75 Å². The van der Waals surface area contributed by atoms with E-state index in [1.807, 2.05) is 44.2 Å². The van der Waals surface area contributed by atoms with Gasteiger partial charge in [0.15, 0.2) is 0 Å². The van der Waals surface area contributed by atoms with Crippen molar-refractivity contribution < 1.29 is 9.90 Å². The first-order chi connectivity index (χ1) is 9.58. The highest BCUT2D eigenvalue weighted by Gasteiger charge is 2.24. The number of aromatic hydroxyl groups is 1. The molecule has 0 spiro atoms. The number of carbonyl (C=O) groups is 1. The number of phenolic OH excluding ortho intramolecular Hbond substituents is 1. The summed E-state index contributed by atoms with van der Waals surface area (Å²) >= 11 is 0. The summed E-state index contributed by atoms with van der Waals surface area (Å²) in [5.41, 5.74) is 1.70. The average Bonchev–Trinajstić information content (AvgIpc) is 2.42. The Labute approximate surface area is 119 Å². The standard InChI is InChI=1S/C17H19NO2/c1-12(2)16(13-8-10-15(19)11-9-13)17(20)18-14-6-4-3-5-7-14/h3-12,16,19H,1-2H3,(H,18,20). The maximum Gasteiger partial charge on any atom is 0.232 e. The van der Waals surface area contributed by atoms with Crippen molar-refractivity contribution in [1.29, 1.82) is 0 Å². The first-order valence-electron chi connectivity index (χ1n) is 6.73. The van der Waals surface area contributed by atoms with Crippen LogP contribution in [0.2, 0.25) is 0 Å². The van der Waals surface area contributed by atoms with E-state index < -0.39 is 0 Å². The van der Waals surface area contributed by atoms with Gasteiger partial charge in [0.2, 0.25) is 5.91 Å². The largest absolute Gasteiger partial charge is 0.508 e. The fraction of sp³-hybridized carbons (Fsp3) is 0.235. The summed E-state index contributed by atoms with van der Waals surface area (Å²) in [6, 6.07) is 16.2. The number of benzene rings is 2. The van der Waals surface area contributed by atoms with Gasteiger partial charge in [0.25, 0.3) is 0 Å². The maximum atomic E-state index is 12.5. The molecule has 0 heterocycles. The zero-order valence-corrected chi connectivity index (χ0v) is 11.7. The molecule has 1 unspecified atom stereocenters. The molecule has 3 heteroatoms. The van der Waals surface area contributed by atoms with Crippen LogP contribution < -0.4 is 5.32 Å². The van der Waals surface area contributed by atoms with Gasteiger partial charge in [0, 0.05) is 5.69 Å². The van der Waals surface area contributed by atoms with Crippen LogP contribution in [0.3, 0.4) is 0 Å². The minimum absolute atomic E-state index is 0.0307. The van der Waals surface area contributed by atoms with Crippen molar-refractivity contribution in [2.75, 3.05) is 5.32 Å². The van der Waals surface area contributed by atoms with Crippen molar-refractivity contribution in [1.82, 2.24) is 0 Å². The SMILES string of the molecule is CC(C)C(C(=O)Nc1ccccc1)c1ccc(O)cc1. The second-order valence-corrected chi connectivity index (χ2v) is 5.17. The number of hydrogen-bond donors (Lipinski definition) is 2. The summed E-state index contributed by atoms with van der Waals surface area (Å²) in [6.07, 6.45) is 0. The van der Waals surface area contributed by atoms with E-state index in [1.165, 1.54) is 0 Å². The molecule has 2 aromatic rings. The van der Waals surface area contributed by atoms with Gasteiger partial charge in [-0.25, -0.2) is 0 Å². The molecule has 2 aromatic carbocycles. The predicted octanol–water partition coefficient (Wildman–Crippen LogP) is 3.77. The number of para-hydroxylation sites is 1. The molecule has 0 fully saturated rings. The van der Waals surface area contributed by atoms with Gasteiger partial charge in [-0.2, -0.15) is 0 Å². The molecule has 0 saturated heterocycles. The van der Waals surface area contributed by atoms with Crippen LogP contribution in [0.25, 0.3) is 0 Å². The third-order valence-electron chi connectivity index (χ3n) is 3.24. The monoisotopic (exact) mass is 269 g/mol. The van der Waals surface area contributed by atoms with Crippen LogP contribution in [0.5, 0.6) is 5.75 Å². The van der Waals surface area contributed by atoms with Gasteiger partial charge >= 0.3 is 0 Å². The summed E-state index contributed by atoms with van der Waals surface area (Å²) in [6.45, 7) is 4.03. The van der Waals surface area contributed by atoms with Crippen molar-refractivity contribution in [3.05, 3.63) is 60.2 Å². The van der Waals surface area contributed by atoms with E-state index >= 15 is 0 Å². The lowest BCUT2D eigenvalue weighted by molar-refractivity contribution is -0.118. The van der Waals surface area contributed by atoms with Crippen LogP contribution in [0, 0.1) is 5.92 Å². The zero-order chi connectivity index (χ0) is 14.5.